The van der Waals surface area contributed by atoms with E-state index in [-0.39, 0.29) is 10.6 Å². The number of nitrogens with one attached hydrogen (secondary N) is 2. The molecule has 2 amide bonds. The molecule has 6 nitrogen and oxygen atoms in total. The van der Waals surface area contributed by atoms with Crippen LogP contribution in [0.4, 0.5) is 16.2 Å². The summed E-state index contributed by atoms with van der Waals surface area (Å²) in [5.74, 6) is 5.72. The van der Waals surface area contributed by atoms with Crippen molar-refractivity contribution in [1.29, 1.82) is 0 Å². The van der Waals surface area contributed by atoms with Gasteiger partial charge in [-0.25, -0.2) is 9.78 Å². The molecule has 0 unspecified atom stereocenters. The highest BCUT2D eigenvalue weighted by Gasteiger charge is 2.18. The number of carbonyl (C=O) groups is 2. The lowest BCUT2D eigenvalue weighted by Gasteiger charge is -2.20. The molecular formula is C27H26ClN3O3. The van der Waals surface area contributed by atoms with Gasteiger partial charge in [-0.15, -0.1) is 0 Å². The summed E-state index contributed by atoms with van der Waals surface area (Å²) in [6.45, 7) is 8.98. The average molecular weight is 476 g/mol. The molecule has 0 bridgehead atoms. The predicted octanol–water partition coefficient (Wildman–Crippen LogP) is 6.35. The lowest BCUT2D eigenvalue weighted by Crippen LogP contribution is -2.27. The number of amides is 2. The highest BCUT2D eigenvalue weighted by Crippen LogP contribution is 2.25. The monoisotopic (exact) mass is 475 g/mol. The van der Waals surface area contributed by atoms with Crippen LogP contribution < -0.4 is 10.6 Å². The maximum atomic E-state index is 13.0. The first kappa shape index (κ1) is 24.8. The van der Waals surface area contributed by atoms with E-state index < -0.39 is 17.6 Å². The molecule has 2 N–H and O–H groups in total. The molecule has 0 aliphatic heterocycles. The van der Waals surface area contributed by atoms with E-state index in [1.165, 1.54) is 6.07 Å². The molecule has 0 spiro atoms. The van der Waals surface area contributed by atoms with Crippen LogP contribution in [0.3, 0.4) is 0 Å². The zero-order valence-corrected chi connectivity index (χ0v) is 20.5. The minimum atomic E-state index is -0.642. The third-order valence-electron chi connectivity index (χ3n) is 4.60. The van der Waals surface area contributed by atoms with Crippen LogP contribution in [-0.2, 0) is 4.74 Å². The van der Waals surface area contributed by atoms with Crippen LogP contribution in [0.5, 0.6) is 0 Å². The fraction of sp³-hybridized carbons (Fsp3) is 0.222. The van der Waals surface area contributed by atoms with Crippen molar-refractivity contribution in [3.8, 4) is 11.8 Å². The van der Waals surface area contributed by atoms with Crippen LogP contribution in [0, 0.1) is 25.7 Å². The van der Waals surface area contributed by atoms with Crippen molar-refractivity contribution in [2.24, 2.45) is 0 Å². The smallest absolute Gasteiger partial charge is 0.412 e. The van der Waals surface area contributed by atoms with Gasteiger partial charge in [0.1, 0.15) is 11.3 Å². The highest BCUT2D eigenvalue weighted by molar-refractivity contribution is 6.34. The summed E-state index contributed by atoms with van der Waals surface area (Å²) < 4.78 is 5.26. The molecule has 7 heteroatoms. The summed E-state index contributed by atoms with van der Waals surface area (Å²) in [4.78, 5) is 29.6. The second-order valence-electron chi connectivity index (χ2n) is 8.68. The van der Waals surface area contributed by atoms with Gasteiger partial charge in [0.25, 0.3) is 5.91 Å². The first-order valence-electron chi connectivity index (χ1n) is 10.7. The summed E-state index contributed by atoms with van der Waals surface area (Å²) in [5, 5.41) is 5.74. The maximum absolute atomic E-state index is 13.0. The maximum Gasteiger partial charge on any atom is 0.412 e. The van der Waals surface area contributed by atoms with Gasteiger partial charge in [-0.05, 0) is 82.5 Å². The van der Waals surface area contributed by atoms with Crippen LogP contribution in [0.25, 0.3) is 0 Å². The van der Waals surface area contributed by atoms with E-state index in [4.69, 9.17) is 16.3 Å². The molecule has 2 aromatic carbocycles. The van der Waals surface area contributed by atoms with E-state index in [0.29, 0.717) is 22.8 Å². The molecule has 1 aromatic heterocycles. The number of aryl methyl sites for hydroxylation is 2. The molecule has 0 saturated carbocycles. The Morgan fingerprint density at radius 1 is 0.971 bits per heavy atom. The number of nitrogens with zero attached hydrogens (tertiary/aromatic N) is 1. The molecule has 174 valence electrons. The molecule has 0 atom stereocenters. The van der Waals surface area contributed by atoms with Crippen LogP contribution in [0.1, 0.15) is 53.6 Å². The lowest BCUT2D eigenvalue weighted by molar-refractivity contribution is 0.0635. The number of pyridine rings is 1. The minimum absolute atomic E-state index is 0.210. The minimum Gasteiger partial charge on any atom is -0.444 e. The second kappa shape index (κ2) is 10.4. The molecule has 0 aliphatic carbocycles. The van der Waals surface area contributed by atoms with Crippen molar-refractivity contribution < 1.29 is 14.3 Å². The molecule has 0 saturated heterocycles. The number of rotatable bonds is 3. The second-order valence-corrected chi connectivity index (χ2v) is 9.08. The summed E-state index contributed by atoms with van der Waals surface area (Å²) >= 11 is 6.27. The van der Waals surface area contributed by atoms with Crippen LogP contribution >= 0.6 is 11.6 Å². The molecule has 34 heavy (non-hydrogen) atoms. The van der Waals surface area contributed by atoms with Crippen molar-refractivity contribution in [3.05, 3.63) is 87.7 Å². The fourth-order valence-electron chi connectivity index (χ4n) is 3.12. The van der Waals surface area contributed by atoms with Gasteiger partial charge in [-0.2, -0.15) is 0 Å². The molecule has 0 aliphatic rings. The topological polar surface area (TPSA) is 80.3 Å². The Bertz CT molecular complexity index is 1260. The van der Waals surface area contributed by atoms with Gasteiger partial charge in [0.05, 0.1) is 22.0 Å². The first-order valence-corrected chi connectivity index (χ1v) is 11.1. The lowest BCUT2D eigenvalue weighted by atomic mass is 10.1. The first-order chi connectivity index (χ1) is 16.0. The van der Waals surface area contributed by atoms with Crippen molar-refractivity contribution in [1.82, 2.24) is 4.98 Å². The van der Waals surface area contributed by atoms with Gasteiger partial charge in [0.2, 0.25) is 0 Å². The molecule has 3 aromatic rings. The van der Waals surface area contributed by atoms with Crippen LogP contribution in [0.2, 0.25) is 5.02 Å². The third-order valence-corrected chi connectivity index (χ3v) is 4.93. The van der Waals surface area contributed by atoms with Gasteiger partial charge in [0, 0.05) is 11.3 Å². The van der Waals surface area contributed by atoms with E-state index in [9.17, 15) is 9.59 Å². The molecule has 3 rings (SSSR count). The third kappa shape index (κ3) is 6.84. The quantitative estimate of drug-likeness (QED) is 0.432. The molecular weight excluding hydrogens is 450 g/mol. The molecule has 1 heterocycles. The number of halogens is 1. The number of aromatic nitrogens is 1. The number of hydrogen-bond donors (Lipinski definition) is 2. The standard InChI is InChI=1S/C27H26ClN3O3/c1-17-15-20(12-11-19-9-7-6-8-10-19)29-18(2)24(17)31-25(32)22-16-21(13-14-23(22)28)30-26(33)34-27(3,4)5/h6-10,13-16H,1-5H3,(H,30,33)(H,31,32). The van der Waals surface area contributed by atoms with E-state index in [1.807, 2.05) is 43.3 Å². The largest absolute Gasteiger partial charge is 0.444 e. The van der Waals surface area contributed by atoms with E-state index in [0.717, 1.165) is 11.1 Å². The van der Waals surface area contributed by atoms with Gasteiger partial charge >= 0.3 is 6.09 Å². The van der Waals surface area contributed by atoms with Crippen molar-refractivity contribution >= 4 is 35.0 Å². The zero-order chi connectivity index (χ0) is 24.9. The van der Waals surface area contributed by atoms with Crippen LogP contribution in [-0.4, -0.2) is 22.6 Å². The average Bonchev–Trinajstić information content (AvgIpc) is 2.75. The Labute approximate surface area is 204 Å². The van der Waals surface area contributed by atoms with Crippen molar-refractivity contribution in [3.63, 3.8) is 0 Å². The van der Waals surface area contributed by atoms with Crippen molar-refractivity contribution in [2.45, 2.75) is 40.2 Å². The van der Waals surface area contributed by atoms with Gasteiger partial charge in [-0.1, -0.05) is 35.7 Å². The summed E-state index contributed by atoms with van der Waals surface area (Å²) in [5.41, 5.74) is 3.49. The molecule has 0 fully saturated rings. The Kier molecular flexibility index (Phi) is 7.60. The number of carbonyl (C=O) groups excluding carboxylic acids is 2. The highest BCUT2D eigenvalue weighted by atomic mass is 35.5. The van der Waals surface area contributed by atoms with Crippen molar-refractivity contribution in [2.75, 3.05) is 10.6 Å². The SMILES string of the molecule is Cc1cc(C#Cc2ccccc2)nc(C)c1NC(=O)c1cc(NC(=O)OC(C)(C)C)ccc1Cl. The van der Waals surface area contributed by atoms with E-state index >= 15 is 0 Å². The summed E-state index contributed by atoms with van der Waals surface area (Å²) in [7, 11) is 0. The Morgan fingerprint density at radius 2 is 1.68 bits per heavy atom. The summed E-state index contributed by atoms with van der Waals surface area (Å²) in [6.07, 6.45) is -0.621. The number of benzene rings is 2. The number of anilines is 2. The number of hydrogen-bond acceptors (Lipinski definition) is 4. The number of ether oxygens (including phenoxy) is 1. The van der Waals surface area contributed by atoms with E-state index in [1.54, 1.807) is 39.8 Å². The van der Waals surface area contributed by atoms with Crippen LogP contribution in [0.15, 0.2) is 54.6 Å². The normalized spacial score (nSPS) is 10.6. The fourth-order valence-corrected chi connectivity index (χ4v) is 3.32. The van der Waals surface area contributed by atoms with Gasteiger partial charge in [-0.3, -0.25) is 10.1 Å². The Morgan fingerprint density at radius 3 is 2.32 bits per heavy atom. The van der Waals surface area contributed by atoms with Gasteiger partial charge in [0.15, 0.2) is 0 Å². The Balaban J connectivity index is 1.79. The Hall–Kier alpha value is -3.82. The van der Waals surface area contributed by atoms with Gasteiger partial charge < -0.3 is 10.1 Å². The predicted molar refractivity (Wildman–Crippen MR) is 135 cm³/mol. The molecule has 0 radical (unpaired) electrons. The van der Waals surface area contributed by atoms with E-state index in [2.05, 4.69) is 27.5 Å². The summed E-state index contributed by atoms with van der Waals surface area (Å²) in [6, 6.07) is 16.1. The zero-order valence-electron chi connectivity index (χ0n) is 19.7.